The first-order valence-electron chi connectivity index (χ1n) is 5.80. The van der Waals surface area contributed by atoms with E-state index < -0.39 is 0 Å². The SMILES string of the molecule is CC(C)C(CNCCN(C)C)C(C)C. The molecule has 14 heavy (non-hydrogen) atoms. The van der Waals surface area contributed by atoms with Gasteiger partial charge in [0.2, 0.25) is 0 Å². The Morgan fingerprint density at radius 1 is 1.00 bits per heavy atom. The van der Waals surface area contributed by atoms with Crippen molar-refractivity contribution >= 4 is 0 Å². The second-order valence-corrected chi connectivity index (χ2v) is 5.16. The maximum Gasteiger partial charge on any atom is 0.0101 e. The van der Waals surface area contributed by atoms with E-state index in [1.54, 1.807) is 0 Å². The molecule has 1 N–H and O–H groups in total. The minimum atomic E-state index is 0.779. The number of nitrogens with one attached hydrogen (secondary N) is 1. The largest absolute Gasteiger partial charge is 0.315 e. The summed E-state index contributed by atoms with van der Waals surface area (Å²) in [5, 5.41) is 3.54. The Morgan fingerprint density at radius 3 is 1.86 bits per heavy atom. The molecule has 0 aromatic rings. The minimum absolute atomic E-state index is 0.779. The molecule has 86 valence electrons. The monoisotopic (exact) mass is 200 g/mol. The molecule has 0 aromatic heterocycles. The minimum Gasteiger partial charge on any atom is -0.315 e. The van der Waals surface area contributed by atoms with Crippen LogP contribution in [-0.4, -0.2) is 38.6 Å². The Morgan fingerprint density at radius 2 is 1.50 bits per heavy atom. The highest BCUT2D eigenvalue weighted by atomic mass is 15.1. The first kappa shape index (κ1) is 13.9. The highest BCUT2D eigenvalue weighted by molar-refractivity contribution is 4.69. The average molecular weight is 200 g/mol. The van der Waals surface area contributed by atoms with Gasteiger partial charge in [0.15, 0.2) is 0 Å². The second-order valence-electron chi connectivity index (χ2n) is 5.16. The van der Waals surface area contributed by atoms with Crippen molar-refractivity contribution in [3.63, 3.8) is 0 Å². The lowest BCUT2D eigenvalue weighted by molar-refractivity contribution is 0.271. The Balaban J connectivity index is 3.62. The molecular formula is C12H28N2. The Hall–Kier alpha value is -0.0800. The van der Waals surface area contributed by atoms with Crippen LogP contribution in [-0.2, 0) is 0 Å². The van der Waals surface area contributed by atoms with Gasteiger partial charge in [-0.05, 0) is 38.4 Å². The van der Waals surface area contributed by atoms with Crippen LogP contribution in [0.25, 0.3) is 0 Å². The zero-order valence-corrected chi connectivity index (χ0v) is 10.8. The van der Waals surface area contributed by atoms with Crippen molar-refractivity contribution in [1.29, 1.82) is 0 Å². The molecule has 0 heterocycles. The van der Waals surface area contributed by atoms with Crippen LogP contribution < -0.4 is 5.32 Å². The fourth-order valence-electron chi connectivity index (χ4n) is 1.81. The zero-order valence-electron chi connectivity index (χ0n) is 10.8. The van der Waals surface area contributed by atoms with Crippen LogP contribution in [0.1, 0.15) is 27.7 Å². The van der Waals surface area contributed by atoms with Crippen molar-refractivity contribution in [2.24, 2.45) is 17.8 Å². The fraction of sp³-hybridized carbons (Fsp3) is 1.00. The van der Waals surface area contributed by atoms with Crippen molar-refractivity contribution in [3.05, 3.63) is 0 Å². The Kier molecular flexibility index (Phi) is 7.20. The highest BCUT2D eigenvalue weighted by Crippen LogP contribution is 2.19. The number of rotatable bonds is 7. The Labute approximate surface area is 90.1 Å². The molecule has 0 aliphatic carbocycles. The third-order valence-corrected chi connectivity index (χ3v) is 2.83. The van der Waals surface area contributed by atoms with E-state index in [9.17, 15) is 0 Å². The van der Waals surface area contributed by atoms with Crippen LogP contribution >= 0.6 is 0 Å². The highest BCUT2D eigenvalue weighted by Gasteiger charge is 2.16. The molecule has 0 saturated carbocycles. The van der Waals surface area contributed by atoms with Crippen LogP contribution in [0.2, 0.25) is 0 Å². The molecule has 0 unspecified atom stereocenters. The van der Waals surface area contributed by atoms with Gasteiger partial charge in [-0.25, -0.2) is 0 Å². The third-order valence-electron chi connectivity index (χ3n) is 2.83. The number of hydrogen-bond donors (Lipinski definition) is 1. The van der Waals surface area contributed by atoms with Crippen LogP contribution in [0.4, 0.5) is 0 Å². The molecular weight excluding hydrogens is 172 g/mol. The van der Waals surface area contributed by atoms with Crippen molar-refractivity contribution in [1.82, 2.24) is 10.2 Å². The molecule has 0 bridgehead atoms. The summed E-state index contributed by atoms with van der Waals surface area (Å²) in [6, 6.07) is 0. The van der Waals surface area contributed by atoms with Crippen molar-refractivity contribution in [2.75, 3.05) is 33.7 Å². The van der Waals surface area contributed by atoms with Crippen molar-refractivity contribution < 1.29 is 0 Å². The molecule has 0 aliphatic heterocycles. The number of nitrogens with zero attached hydrogens (tertiary/aromatic N) is 1. The quantitative estimate of drug-likeness (QED) is 0.633. The molecule has 2 nitrogen and oxygen atoms in total. The summed E-state index contributed by atoms with van der Waals surface area (Å²) >= 11 is 0. The normalized spacial score (nSPS) is 12.4. The molecule has 0 radical (unpaired) electrons. The molecule has 0 saturated heterocycles. The second kappa shape index (κ2) is 7.24. The van der Waals surface area contributed by atoms with Gasteiger partial charge in [0.25, 0.3) is 0 Å². The van der Waals surface area contributed by atoms with Crippen LogP contribution in [0.3, 0.4) is 0 Å². The van der Waals surface area contributed by atoms with Gasteiger partial charge in [-0.1, -0.05) is 27.7 Å². The van der Waals surface area contributed by atoms with Crippen LogP contribution in [0.15, 0.2) is 0 Å². The van der Waals surface area contributed by atoms with E-state index >= 15 is 0 Å². The molecule has 0 aromatic carbocycles. The van der Waals surface area contributed by atoms with Gasteiger partial charge < -0.3 is 10.2 Å². The summed E-state index contributed by atoms with van der Waals surface area (Å²) in [5.74, 6) is 2.36. The van der Waals surface area contributed by atoms with Gasteiger partial charge in [0, 0.05) is 13.1 Å². The summed E-state index contributed by atoms with van der Waals surface area (Å²) in [7, 11) is 4.23. The van der Waals surface area contributed by atoms with Gasteiger partial charge in [-0.15, -0.1) is 0 Å². The number of likely N-dealkylation sites (N-methyl/N-ethyl adjacent to an activating group) is 1. The van der Waals surface area contributed by atoms with E-state index in [0.717, 1.165) is 37.4 Å². The van der Waals surface area contributed by atoms with Crippen LogP contribution in [0.5, 0.6) is 0 Å². The topological polar surface area (TPSA) is 15.3 Å². The molecule has 0 rings (SSSR count). The van der Waals surface area contributed by atoms with E-state index in [1.807, 2.05) is 0 Å². The van der Waals surface area contributed by atoms with Gasteiger partial charge in [-0.2, -0.15) is 0 Å². The molecule has 0 aliphatic rings. The van der Waals surface area contributed by atoms with E-state index in [0.29, 0.717) is 0 Å². The smallest absolute Gasteiger partial charge is 0.0101 e. The maximum atomic E-state index is 3.54. The molecule has 0 atom stereocenters. The first-order chi connectivity index (χ1) is 6.45. The van der Waals surface area contributed by atoms with Gasteiger partial charge in [0.1, 0.15) is 0 Å². The van der Waals surface area contributed by atoms with E-state index in [2.05, 4.69) is 52.0 Å². The summed E-state index contributed by atoms with van der Waals surface area (Å²) < 4.78 is 0. The van der Waals surface area contributed by atoms with Gasteiger partial charge >= 0.3 is 0 Å². The molecule has 0 spiro atoms. The first-order valence-corrected chi connectivity index (χ1v) is 5.80. The predicted molar refractivity (Wildman–Crippen MR) is 64.6 cm³/mol. The molecule has 2 heteroatoms. The third kappa shape index (κ3) is 6.39. The lowest BCUT2D eigenvalue weighted by Gasteiger charge is -2.25. The van der Waals surface area contributed by atoms with E-state index in [-0.39, 0.29) is 0 Å². The lowest BCUT2D eigenvalue weighted by Crippen LogP contribution is -2.34. The summed E-state index contributed by atoms with van der Waals surface area (Å²) in [6.45, 7) is 12.7. The fourth-order valence-corrected chi connectivity index (χ4v) is 1.81. The molecule has 0 amide bonds. The standard InChI is InChI=1S/C12H28N2/c1-10(2)12(11(3)4)9-13-7-8-14(5)6/h10-13H,7-9H2,1-6H3. The average Bonchev–Trinajstić information content (AvgIpc) is 2.01. The summed E-state index contributed by atoms with van der Waals surface area (Å²) in [5.41, 5.74) is 0. The Bertz CT molecular complexity index is 122. The summed E-state index contributed by atoms with van der Waals surface area (Å²) in [4.78, 5) is 2.22. The predicted octanol–water partition coefficient (Wildman–Crippen LogP) is 2.07. The van der Waals surface area contributed by atoms with Crippen molar-refractivity contribution in [3.8, 4) is 0 Å². The number of hydrogen-bond acceptors (Lipinski definition) is 2. The van der Waals surface area contributed by atoms with Crippen molar-refractivity contribution in [2.45, 2.75) is 27.7 Å². The lowest BCUT2D eigenvalue weighted by atomic mass is 9.85. The van der Waals surface area contributed by atoms with Gasteiger partial charge in [-0.3, -0.25) is 0 Å². The van der Waals surface area contributed by atoms with Crippen LogP contribution in [0, 0.1) is 17.8 Å². The molecule has 0 fully saturated rings. The maximum absolute atomic E-state index is 3.54. The van der Waals surface area contributed by atoms with Gasteiger partial charge in [0.05, 0.1) is 0 Å². The summed E-state index contributed by atoms with van der Waals surface area (Å²) in [6.07, 6.45) is 0. The van der Waals surface area contributed by atoms with E-state index in [1.165, 1.54) is 0 Å². The zero-order chi connectivity index (χ0) is 11.1. The van der Waals surface area contributed by atoms with E-state index in [4.69, 9.17) is 0 Å².